The Bertz CT molecular complexity index is 1060. The van der Waals surface area contributed by atoms with Crippen molar-refractivity contribution in [2.24, 2.45) is 0 Å². The molecule has 2 aromatic carbocycles. The summed E-state index contributed by atoms with van der Waals surface area (Å²) in [5.41, 5.74) is 1.60. The van der Waals surface area contributed by atoms with Gasteiger partial charge in [0.25, 0.3) is 11.8 Å². The summed E-state index contributed by atoms with van der Waals surface area (Å²) in [6.45, 7) is 0. The number of carbonyl (C=O) groups is 1. The van der Waals surface area contributed by atoms with Gasteiger partial charge in [-0.2, -0.15) is 5.10 Å². The molecule has 1 amide bonds. The van der Waals surface area contributed by atoms with Crippen LogP contribution < -0.4 is 5.32 Å². The van der Waals surface area contributed by atoms with Gasteiger partial charge in [-0.3, -0.25) is 9.89 Å². The van der Waals surface area contributed by atoms with E-state index in [1.165, 1.54) is 18.2 Å². The van der Waals surface area contributed by atoms with E-state index in [4.69, 9.17) is 4.42 Å². The predicted molar refractivity (Wildman–Crippen MR) is 91.7 cm³/mol. The summed E-state index contributed by atoms with van der Waals surface area (Å²) in [5, 5.41) is 17.2. The fourth-order valence-corrected chi connectivity index (χ4v) is 2.40. The molecule has 0 unspecified atom stereocenters. The van der Waals surface area contributed by atoms with Gasteiger partial charge >= 0.3 is 0 Å². The maximum absolute atomic E-state index is 13.7. The number of aromatic nitrogens is 4. The van der Waals surface area contributed by atoms with E-state index in [9.17, 15) is 9.18 Å². The highest BCUT2D eigenvalue weighted by Gasteiger charge is 2.14. The second-order valence-corrected chi connectivity index (χ2v) is 5.39. The van der Waals surface area contributed by atoms with Gasteiger partial charge in [0.1, 0.15) is 11.5 Å². The number of hydrogen-bond donors (Lipinski definition) is 2. The third-order valence-electron chi connectivity index (χ3n) is 3.63. The maximum atomic E-state index is 13.7. The number of carbonyl (C=O) groups excluding carboxylic acids is 1. The largest absolute Gasteiger partial charge is 0.415 e. The van der Waals surface area contributed by atoms with Gasteiger partial charge in [0.15, 0.2) is 0 Å². The van der Waals surface area contributed by atoms with Gasteiger partial charge in [0, 0.05) is 17.4 Å². The Morgan fingerprint density at radius 3 is 2.69 bits per heavy atom. The van der Waals surface area contributed by atoms with Gasteiger partial charge in [-0.25, -0.2) is 4.39 Å². The molecule has 0 aliphatic rings. The molecule has 8 heteroatoms. The van der Waals surface area contributed by atoms with Crippen molar-refractivity contribution in [3.05, 3.63) is 72.2 Å². The van der Waals surface area contributed by atoms with Crippen molar-refractivity contribution in [2.45, 2.75) is 0 Å². The Morgan fingerprint density at radius 2 is 1.88 bits per heavy atom. The van der Waals surface area contributed by atoms with Crippen LogP contribution in [0.1, 0.15) is 10.4 Å². The molecule has 128 valence electrons. The first-order valence-electron chi connectivity index (χ1n) is 7.71. The molecule has 2 heterocycles. The van der Waals surface area contributed by atoms with Crippen LogP contribution in [0, 0.1) is 5.82 Å². The molecule has 0 atom stereocenters. The van der Waals surface area contributed by atoms with Crippen molar-refractivity contribution >= 4 is 11.6 Å². The Balaban J connectivity index is 1.57. The molecule has 0 spiro atoms. The van der Waals surface area contributed by atoms with Crippen molar-refractivity contribution < 1.29 is 13.6 Å². The van der Waals surface area contributed by atoms with Crippen molar-refractivity contribution in [1.82, 2.24) is 20.4 Å². The number of H-pyrrole nitrogens is 1. The zero-order valence-corrected chi connectivity index (χ0v) is 13.3. The Morgan fingerprint density at radius 1 is 1.04 bits per heavy atom. The quantitative estimate of drug-likeness (QED) is 0.587. The molecule has 0 aliphatic heterocycles. The summed E-state index contributed by atoms with van der Waals surface area (Å²) >= 11 is 0. The lowest BCUT2D eigenvalue weighted by atomic mass is 10.1. The molecule has 0 radical (unpaired) electrons. The van der Waals surface area contributed by atoms with E-state index in [-0.39, 0.29) is 17.3 Å². The van der Waals surface area contributed by atoms with Crippen LogP contribution >= 0.6 is 0 Å². The van der Waals surface area contributed by atoms with E-state index < -0.39 is 11.7 Å². The van der Waals surface area contributed by atoms with E-state index in [2.05, 4.69) is 25.7 Å². The van der Waals surface area contributed by atoms with Crippen LogP contribution in [0.15, 0.2) is 65.2 Å². The molecule has 0 saturated heterocycles. The number of hydrogen-bond acceptors (Lipinski definition) is 5. The molecule has 7 nitrogen and oxygen atoms in total. The summed E-state index contributed by atoms with van der Waals surface area (Å²) in [5.74, 6) is -0.559. The van der Waals surface area contributed by atoms with Crippen molar-refractivity contribution in [3.63, 3.8) is 0 Å². The van der Waals surface area contributed by atoms with E-state index in [0.29, 0.717) is 16.9 Å². The van der Waals surface area contributed by atoms with Crippen LogP contribution in [0.4, 0.5) is 10.1 Å². The zero-order chi connectivity index (χ0) is 17.9. The summed E-state index contributed by atoms with van der Waals surface area (Å²) in [7, 11) is 0. The molecule has 26 heavy (non-hydrogen) atoms. The molecule has 4 aromatic rings. The topological polar surface area (TPSA) is 96.7 Å². The molecule has 0 bridgehead atoms. The first-order chi connectivity index (χ1) is 12.7. The lowest BCUT2D eigenvalue weighted by Crippen LogP contribution is -2.13. The van der Waals surface area contributed by atoms with Gasteiger partial charge in [0.2, 0.25) is 5.89 Å². The maximum Gasteiger partial charge on any atom is 0.268 e. The third kappa shape index (κ3) is 3.07. The highest BCUT2D eigenvalue weighted by Crippen LogP contribution is 2.25. The minimum Gasteiger partial charge on any atom is -0.415 e. The average molecular weight is 349 g/mol. The zero-order valence-electron chi connectivity index (χ0n) is 13.3. The van der Waals surface area contributed by atoms with E-state index in [1.807, 2.05) is 0 Å². The Kier molecular flexibility index (Phi) is 3.98. The van der Waals surface area contributed by atoms with Gasteiger partial charge in [-0.1, -0.05) is 18.2 Å². The number of rotatable bonds is 4. The van der Waals surface area contributed by atoms with Gasteiger partial charge in [-0.05, 0) is 36.4 Å². The lowest BCUT2D eigenvalue weighted by molar-refractivity contribution is 0.102. The molecular weight excluding hydrogens is 337 g/mol. The van der Waals surface area contributed by atoms with Crippen molar-refractivity contribution in [1.29, 1.82) is 0 Å². The molecule has 0 aliphatic carbocycles. The minimum absolute atomic E-state index is 0.0310. The summed E-state index contributed by atoms with van der Waals surface area (Å²) in [4.78, 5) is 12.2. The monoisotopic (exact) mass is 349 g/mol. The van der Waals surface area contributed by atoms with Gasteiger partial charge < -0.3 is 9.73 Å². The first kappa shape index (κ1) is 15.7. The first-order valence-corrected chi connectivity index (χ1v) is 7.71. The number of benzene rings is 2. The number of nitrogens with one attached hydrogen (secondary N) is 2. The molecule has 2 aromatic heterocycles. The van der Waals surface area contributed by atoms with Crippen LogP contribution in [0.2, 0.25) is 0 Å². The second-order valence-electron chi connectivity index (χ2n) is 5.39. The van der Waals surface area contributed by atoms with Crippen molar-refractivity contribution in [2.75, 3.05) is 5.32 Å². The molecule has 2 N–H and O–H groups in total. The fraction of sp³-hybridized carbons (Fsp3) is 0. The smallest absolute Gasteiger partial charge is 0.268 e. The van der Waals surface area contributed by atoms with Gasteiger partial charge in [0.05, 0.1) is 5.56 Å². The predicted octanol–water partition coefficient (Wildman–Crippen LogP) is 3.52. The minimum atomic E-state index is -0.582. The van der Waals surface area contributed by atoms with Gasteiger partial charge in [-0.15, -0.1) is 10.2 Å². The van der Waals surface area contributed by atoms with E-state index in [1.54, 1.807) is 42.6 Å². The Labute approximate surface area is 146 Å². The SMILES string of the molecule is O=C(Nc1cccc(-c2nnc(-c3cc[nH]n3)o2)c1)c1ccccc1F. The molecular formula is C18H12FN5O2. The third-order valence-corrected chi connectivity index (χ3v) is 3.63. The van der Waals surface area contributed by atoms with E-state index in [0.717, 1.165) is 0 Å². The van der Waals surface area contributed by atoms with Crippen LogP contribution in [-0.2, 0) is 0 Å². The average Bonchev–Trinajstić information content (AvgIpc) is 3.34. The molecule has 4 rings (SSSR count). The summed E-state index contributed by atoms with van der Waals surface area (Å²) < 4.78 is 19.3. The number of nitrogens with zero attached hydrogens (tertiary/aromatic N) is 3. The molecule has 0 fully saturated rings. The van der Waals surface area contributed by atoms with Crippen LogP contribution in [0.3, 0.4) is 0 Å². The number of halogens is 1. The highest BCUT2D eigenvalue weighted by atomic mass is 19.1. The standard InChI is InChI=1S/C18H12FN5O2/c19-14-7-2-1-6-13(14)16(25)21-12-5-3-4-11(10-12)17-23-24-18(26-17)15-8-9-20-22-15/h1-10H,(H,20,22)(H,21,25). The number of anilines is 1. The van der Waals surface area contributed by atoms with E-state index >= 15 is 0 Å². The molecule has 0 saturated carbocycles. The normalized spacial score (nSPS) is 10.7. The number of amides is 1. The fourth-order valence-electron chi connectivity index (χ4n) is 2.40. The van der Waals surface area contributed by atoms with Crippen LogP contribution in [0.25, 0.3) is 23.0 Å². The summed E-state index contributed by atoms with van der Waals surface area (Å²) in [6.07, 6.45) is 1.65. The van der Waals surface area contributed by atoms with Crippen LogP contribution in [-0.4, -0.2) is 26.3 Å². The van der Waals surface area contributed by atoms with Crippen LogP contribution in [0.5, 0.6) is 0 Å². The lowest BCUT2D eigenvalue weighted by Gasteiger charge is -2.06. The number of aromatic amines is 1. The second kappa shape index (κ2) is 6.60. The Hall–Kier alpha value is -3.81. The highest BCUT2D eigenvalue weighted by molar-refractivity contribution is 6.04. The van der Waals surface area contributed by atoms with Crippen molar-refractivity contribution in [3.8, 4) is 23.0 Å². The summed E-state index contributed by atoms with van der Waals surface area (Å²) in [6, 6.07) is 14.3.